The average Bonchev–Trinajstić information content (AvgIpc) is 2.69. The van der Waals surface area contributed by atoms with Crippen LogP contribution < -0.4 is 4.72 Å². The molecule has 1 heterocycles. The molecule has 1 aliphatic rings. The van der Waals surface area contributed by atoms with Crippen LogP contribution in [0.5, 0.6) is 0 Å². The van der Waals surface area contributed by atoms with Crippen LogP contribution >= 0.6 is 0 Å². The summed E-state index contributed by atoms with van der Waals surface area (Å²) in [5, 5.41) is 0. The number of amides is 1. The molecule has 156 valence electrons. The number of rotatable bonds is 5. The van der Waals surface area contributed by atoms with Gasteiger partial charge in [-0.3, -0.25) is 9.52 Å². The summed E-state index contributed by atoms with van der Waals surface area (Å²) in [6, 6.07) is 12.6. The molecule has 2 aromatic rings. The molecule has 29 heavy (non-hydrogen) atoms. The molecule has 3 rings (SSSR count). The van der Waals surface area contributed by atoms with E-state index in [2.05, 4.69) is 23.7 Å². The molecular formula is C22H29N3O3S. The highest BCUT2D eigenvalue weighted by Crippen LogP contribution is 2.25. The zero-order chi connectivity index (χ0) is 21.2. The molecular weight excluding hydrogens is 386 g/mol. The van der Waals surface area contributed by atoms with Gasteiger partial charge in [0.2, 0.25) is 0 Å². The summed E-state index contributed by atoms with van der Waals surface area (Å²) in [6.45, 7) is 4.95. The van der Waals surface area contributed by atoms with Gasteiger partial charge in [-0.2, -0.15) is 0 Å². The Kier molecular flexibility index (Phi) is 6.29. The predicted molar refractivity (Wildman–Crippen MR) is 116 cm³/mol. The number of nitrogens with zero attached hydrogens (tertiary/aromatic N) is 2. The van der Waals surface area contributed by atoms with Gasteiger partial charge < -0.3 is 9.80 Å². The van der Waals surface area contributed by atoms with E-state index in [1.165, 1.54) is 0 Å². The third kappa shape index (κ3) is 4.79. The standard InChI is InChI=1S/C22H29N3O3S/c1-16-9-10-17(2)21(15-16)29(27,28)23-20-8-6-5-7-19(20)22(26)25-13-11-18(12-14-25)24(3)4/h5-10,15,18,23H,11-14H2,1-4H3. The average molecular weight is 416 g/mol. The van der Waals surface area contributed by atoms with Crippen molar-refractivity contribution in [3.63, 3.8) is 0 Å². The monoisotopic (exact) mass is 415 g/mol. The molecule has 1 aliphatic heterocycles. The number of likely N-dealkylation sites (tertiary alicyclic amines) is 1. The first-order valence-electron chi connectivity index (χ1n) is 9.84. The first-order chi connectivity index (χ1) is 13.7. The van der Waals surface area contributed by atoms with Crippen LogP contribution in [0.15, 0.2) is 47.4 Å². The van der Waals surface area contributed by atoms with Crippen molar-refractivity contribution in [1.29, 1.82) is 0 Å². The number of carbonyl (C=O) groups excluding carboxylic acids is 1. The van der Waals surface area contributed by atoms with Gasteiger partial charge in [0.1, 0.15) is 0 Å². The van der Waals surface area contributed by atoms with Crippen molar-refractivity contribution in [3.8, 4) is 0 Å². The third-order valence-corrected chi connectivity index (χ3v) is 7.02. The summed E-state index contributed by atoms with van der Waals surface area (Å²) in [5.41, 5.74) is 2.22. The Morgan fingerprint density at radius 1 is 1.07 bits per heavy atom. The molecule has 1 amide bonds. The van der Waals surface area contributed by atoms with Crippen molar-refractivity contribution in [2.45, 2.75) is 37.6 Å². The molecule has 6 nitrogen and oxygen atoms in total. The zero-order valence-electron chi connectivity index (χ0n) is 17.5. The van der Waals surface area contributed by atoms with E-state index in [4.69, 9.17) is 0 Å². The quantitative estimate of drug-likeness (QED) is 0.814. The van der Waals surface area contributed by atoms with E-state index in [0.717, 1.165) is 18.4 Å². The summed E-state index contributed by atoms with van der Waals surface area (Å²) >= 11 is 0. The summed E-state index contributed by atoms with van der Waals surface area (Å²) in [7, 11) is 0.309. The minimum absolute atomic E-state index is 0.138. The minimum atomic E-state index is -3.80. The van der Waals surface area contributed by atoms with Crippen LogP contribution in [0.25, 0.3) is 0 Å². The van der Waals surface area contributed by atoms with Gasteiger partial charge in [0.25, 0.3) is 15.9 Å². The van der Waals surface area contributed by atoms with Gasteiger partial charge in [-0.15, -0.1) is 0 Å². The van der Waals surface area contributed by atoms with E-state index >= 15 is 0 Å². The molecule has 0 saturated carbocycles. The highest BCUT2D eigenvalue weighted by atomic mass is 32.2. The lowest BCUT2D eigenvalue weighted by molar-refractivity contribution is 0.0664. The summed E-state index contributed by atoms with van der Waals surface area (Å²) in [6.07, 6.45) is 1.82. The Labute approximate surface area is 173 Å². The number of aryl methyl sites for hydroxylation is 2. The number of hydrogen-bond donors (Lipinski definition) is 1. The van der Waals surface area contributed by atoms with Crippen LogP contribution in [0.2, 0.25) is 0 Å². The van der Waals surface area contributed by atoms with Crippen molar-refractivity contribution in [2.24, 2.45) is 0 Å². The van der Waals surface area contributed by atoms with Gasteiger partial charge >= 0.3 is 0 Å². The molecule has 0 bridgehead atoms. The van der Waals surface area contributed by atoms with Crippen molar-refractivity contribution in [2.75, 3.05) is 31.9 Å². The Morgan fingerprint density at radius 3 is 2.38 bits per heavy atom. The lowest BCUT2D eigenvalue weighted by atomic mass is 10.0. The number of hydrogen-bond acceptors (Lipinski definition) is 4. The Bertz CT molecular complexity index is 994. The van der Waals surface area contributed by atoms with Gasteiger partial charge in [-0.05, 0) is 70.1 Å². The second-order valence-corrected chi connectivity index (χ2v) is 9.56. The molecule has 0 aliphatic carbocycles. The van der Waals surface area contributed by atoms with E-state index in [-0.39, 0.29) is 10.8 Å². The fraction of sp³-hybridized carbons (Fsp3) is 0.409. The molecule has 0 aromatic heterocycles. The number of nitrogens with one attached hydrogen (secondary N) is 1. The Balaban J connectivity index is 1.84. The molecule has 2 aromatic carbocycles. The minimum Gasteiger partial charge on any atom is -0.338 e. The second kappa shape index (κ2) is 8.55. The van der Waals surface area contributed by atoms with Crippen molar-refractivity contribution >= 4 is 21.6 Å². The van der Waals surface area contributed by atoms with Gasteiger partial charge in [0.05, 0.1) is 16.1 Å². The first-order valence-corrected chi connectivity index (χ1v) is 11.3. The highest BCUT2D eigenvalue weighted by molar-refractivity contribution is 7.92. The number of piperidine rings is 1. The van der Waals surface area contributed by atoms with E-state index in [0.29, 0.717) is 35.9 Å². The highest BCUT2D eigenvalue weighted by Gasteiger charge is 2.27. The fourth-order valence-corrected chi connectivity index (χ4v) is 5.12. The maximum atomic E-state index is 13.1. The van der Waals surface area contributed by atoms with Crippen molar-refractivity contribution < 1.29 is 13.2 Å². The number of anilines is 1. The number of benzene rings is 2. The van der Waals surface area contributed by atoms with Crippen LogP contribution in [0, 0.1) is 13.8 Å². The summed E-state index contributed by atoms with van der Waals surface area (Å²) < 4.78 is 28.6. The molecule has 1 saturated heterocycles. The Hall–Kier alpha value is -2.38. The van der Waals surface area contributed by atoms with E-state index in [9.17, 15) is 13.2 Å². The predicted octanol–water partition coefficient (Wildman–Crippen LogP) is 3.27. The normalized spacial score (nSPS) is 15.6. The number of carbonyl (C=O) groups is 1. The maximum absolute atomic E-state index is 13.1. The van der Waals surface area contributed by atoms with Gasteiger partial charge in [0.15, 0.2) is 0 Å². The van der Waals surface area contributed by atoms with Crippen LogP contribution in [0.1, 0.15) is 34.3 Å². The number of sulfonamides is 1. The van der Waals surface area contributed by atoms with E-state index in [1.807, 2.05) is 17.9 Å². The van der Waals surface area contributed by atoms with Crippen molar-refractivity contribution in [1.82, 2.24) is 9.80 Å². The lowest BCUT2D eigenvalue weighted by Crippen LogP contribution is -2.44. The SMILES string of the molecule is Cc1ccc(C)c(S(=O)(=O)Nc2ccccc2C(=O)N2CCC(N(C)C)CC2)c1. The smallest absolute Gasteiger partial charge is 0.262 e. The van der Waals surface area contributed by atoms with Gasteiger partial charge in [-0.25, -0.2) is 8.42 Å². The first kappa shape index (κ1) is 21.3. The topological polar surface area (TPSA) is 69.7 Å². The molecule has 0 spiro atoms. The molecule has 0 atom stereocenters. The van der Waals surface area contributed by atoms with Crippen molar-refractivity contribution in [3.05, 3.63) is 59.2 Å². The summed E-state index contributed by atoms with van der Waals surface area (Å²) in [5.74, 6) is -0.138. The third-order valence-electron chi connectivity index (χ3n) is 5.52. The molecule has 0 radical (unpaired) electrons. The molecule has 7 heteroatoms. The molecule has 0 unspecified atom stereocenters. The summed E-state index contributed by atoms with van der Waals surface area (Å²) in [4.78, 5) is 17.3. The van der Waals surface area contributed by atoms with Crippen LogP contribution in [-0.4, -0.2) is 57.4 Å². The van der Waals surface area contributed by atoms with Gasteiger partial charge in [0, 0.05) is 19.1 Å². The molecule has 1 N–H and O–H groups in total. The van der Waals surface area contributed by atoms with Crippen LogP contribution in [0.4, 0.5) is 5.69 Å². The Morgan fingerprint density at radius 2 is 1.72 bits per heavy atom. The van der Waals surface area contributed by atoms with Crippen LogP contribution in [-0.2, 0) is 10.0 Å². The zero-order valence-corrected chi connectivity index (χ0v) is 18.3. The largest absolute Gasteiger partial charge is 0.338 e. The number of para-hydroxylation sites is 1. The van der Waals surface area contributed by atoms with Gasteiger partial charge in [-0.1, -0.05) is 24.3 Å². The van der Waals surface area contributed by atoms with E-state index in [1.54, 1.807) is 43.3 Å². The lowest BCUT2D eigenvalue weighted by Gasteiger charge is -2.35. The maximum Gasteiger partial charge on any atom is 0.262 e. The van der Waals surface area contributed by atoms with E-state index < -0.39 is 10.0 Å². The molecule has 1 fully saturated rings. The fourth-order valence-electron chi connectivity index (χ4n) is 3.71. The van der Waals surface area contributed by atoms with Crippen LogP contribution in [0.3, 0.4) is 0 Å². The second-order valence-electron chi connectivity index (χ2n) is 7.91.